The number of halogens is 2. The van der Waals surface area contributed by atoms with Gasteiger partial charge in [-0.1, -0.05) is 30.7 Å². The molecule has 1 fully saturated rings. The van der Waals surface area contributed by atoms with Gasteiger partial charge in [-0.15, -0.1) is 11.6 Å². The number of hydrogen-bond donors (Lipinski definition) is 0. The van der Waals surface area contributed by atoms with Crippen LogP contribution in [-0.4, -0.2) is 29.3 Å². The van der Waals surface area contributed by atoms with E-state index < -0.39 is 0 Å². The fraction of sp³-hybridized carbons (Fsp3) is 0.500. The van der Waals surface area contributed by atoms with E-state index in [1.807, 2.05) is 29.2 Å². The van der Waals surface area contributed by atoms with Crippen LogP contribution in [0.2, 0.25) is 5.02 Å². The molecule has 1 aliphatic heterocycles. The van der Waals surface area contributed by atoms with Crippen LogP contribution in [0.1, 0.15) is 18.9 Å². The minimum atomic E-state index is 0.0768. The maximum absolute atomic E-state index is 12.1. The van der Waals surface area contributed by atoms with Gasteiger partial charge in [0.25, 0.3) is 0 Å². The summed E-state index contributed by atoms with van der Waals surface area (Å²) >= 11 is 12.0. The largest absolute Gasteiger partial charge is 0.341 e. The summed E-state index contributed by atoms with van der Waals surface area (Å²) < 4.78 is 0. The van der Waals surface area contributed by atoms with Gasteiger partial charge < -0.3 is 4.90 Å². The van der Waals surface area contributed by atoms with E-state index in [4.69, 9.17) is 23.2 Å². The molecule has 1 saturated heterocycles. The Labute approximate surface area is 118 Å². The summed E-state index contributed by atoms with van der Waals surface area (Å²) in [5.41, 5.74) is 0.995. The molecule has 0 aromatic heterocycles. The van der Waals surface area contributed by atoms with Crippen LogP contribution in [0.15, 0.2) is 24.3 Å². The van der Waals surface area contributed by atoms with Gasteiger partial charge in [0.05, 0.1) is 11.8 Å². The molecule has 2 rings (SSSR count). The summed E-state index contributed by atoms with van der Waals surface area (Å²) in [4.78, 5) is 14.0. The molecule has 0 N–H and O–H groups in total. The smallest absolute Gasteiger partial charge is 0.227 e. The van der Waals surface area contributed by atoms with E-state index in [0.717, 1.165) is 18.5 Å². The molecule has 4 heteroatoms. The van der Waals surface area contributed by atoms with Crippen molar-refractivity contribution in [1.29, 1.82) is 0 Å². The molecule has 2 atom stereocenters. The first-order valence-electron chi connectivity index (χ1n) is 6.22. The Balaban J connectivity index is 1.94. The zero-order valence-electron chi connectivity index (χ0n) is 10.4. The van der Waals surface area contributed by atoms with Crippen LogP contribution < -0.4 is 0 Å². The lowest BCUT2D eigenvalue weighted by atomic mass is 9.98. The van der Waals surface area contributed by atoms with E-state index in [-0.39, 0.29) is 11.3 Å². The van der Waals surface area contributed by atoms with Crippen molar-refractivity contribution in [3.05, 3.63) is 34.9 Å². The first kappa shape index (κ1) is 13.7. The highest BCUT2D eigenvalue weighted by Crippen LogP contribution is 2.22. The molecule has 1 aromatic rings. The van der Waals surface area contributed by atoms with Gasteiger partial charge >= 0.3 is 0 Å². The normalized spacial score (nSPS) is 24.1. The summed E-state index contributed by atoms with van der Waals surface area (Å²) in [6.45, 7) is 3.62. The highest BCUT2D eigenvalue weighted by Gasteiger charge is 2.27. The molecule has 98 valence electrons. The van der Waals surface area contributed by atoms with Gasteiger partial charge in [0, 0.05) is 18.1 Å². The van der Waals surface area contributed by atoms with Gasteiger partial charge in [0.1, 0.15) is 0 Å². The van der Waals surface area contributed by atoms with Crippen LogP contribution in [0.25, 0.3) is 0 Å². The van der Waals surface area contributed by atoms with E-state index in [9.17, 15) is 4.79 Å². The van der Waals surface area contributed by atoms with E-state index in [0.29, 0.717) is 23.9 Å². The average molecular weight is 286 g/mol. The molecule has 1 aliphatic rings. The molecule has 1 amide bonds. The van der Waals surface area contributed by atoms with Gasteiger partial charge in [-0.2, -0.15) is 0 Å². The highest BCUT2D eigenvalue weighted by molar-refractivity contribution is 6.30. The lowest BCUT2D eigenvalue weighted by Gasteiger charge is -2.34. The first-order chi connectivity index (χ1) is 8.56. The molecule has 1 aromatic carbocycles. The lowest BCUT2D eigenvalue weighted by Crippen LogP contribution is -2.44. The monoisotopic (exact) mass is 285 g/mol. The molecule has 2 nitrogen and oxygen atoms in total. The third-order valence-corrected chi connectivity index (χ3v) is 4.31. The number of carbonyl (C=O) groups is 1. The van der Waals surface area contributed by atoms with E-state index in [2.05, 4.69) is 6.92 Å². The molecular weight excluding hydrogens is 269 g/mol. The molecule has 0 radical (unpaired) electrons. The van der Waals surface area contributed by atoms with Crippen LogP contribution in [0.4, 0.5) is 0 Å². The van der Waals surface area contributed by atoms with E-state index in [1.165, 1.54) is 0 Å². The standard InChI is InChI=1S/C14H17Cl2NO/c1-10-6-7-17(9-13(10)16)14(18)8-11-2-4-12(15)5-3-11/h2-5,10,13H,6-9H2,1H3. The van der Waals surface area contributed by atoms with Crippen LogP contribution in [0.3, 0.4) is 0 Å². The number of amides is 1. The first-order valence-corrected chi connectivity index (χ1v) is 7.04. The van der Waals surface area contributed by atoms with Crippen molar-refractivity contribution >= 4 is 29.1 Å². The van der Waals surface area contributed by atoms with Crippen molar-refractivity contribution in [1.82, 2.24) is 4.90 Å². The number of alkyl halides is 1. The summed E-state index contributed by atoms with van der Waals surface area (Å²) in [5.74, 6) is 0.640. The predicted octanol–water partition coefficient (Wildman–Crippen LogP) is 3.36. The molecular formula is C14H17Cl2NO. The maximum atomic E-state index is 12.1. The van der Waals surface area contributed by atoms with Gasteiger partial charge in [0.15, 0.2) is 0 Å². The maximum Gasteiger partial charge on any atom is 0.227 e. The van der Waals surface area contributed by atoms with Crippen LogP contribution in [0.5, 0.6) is 0 Å². The molecule has 18 heavy (non-hydrogen) atoms. The molecule has 1 heterocycles. The van der Waals surface area contributed by atoms with Crippen molar-refractivity contribution in [2.45, 2.75) is 25.1 Å². The van der Waals surface area contributed by atoms with Crippen LogP contribution in [-0.2, 0) is 11.2 Å². The Morgan fingerprint density at radius 1 is 1.39 bits per heavy atom. The number of likely N-dealkylation sites (tertiary alicyclic amines) is 1. The van der Waals surface area contributed by atoms with Crippen LogP contribution in [0, 0.1) is 5.92 Å². The molecule has 2 unspecified atom stereocenters. The Kier molecular flexibility index (Phi) is 4.52. The number of carbonyl (C=O) groups excluding carboxylic acids is 1. The molecule has 0 spiro atoms. The van der Waals surface area contributed by atoms with E-state index >= 15 is 0 Å². The lowest BCUT2D eigenvalue weighted by molar-refractivity contribution is -0.131. The zero-order valence-corrected chi connectivity index (χ0v) is 11.9. The second kappa shape index (κ2) is 5.94. The zero-order chi connectivity index (χ0) is 13.1. The average Bonchev–Trinajstić information content (AvgIpc) is 2.35. The van der Waals surface area contributed by atoms with Crippen LogP contribution >= 0.6 is 23.2 Å². The third-order valence-electron chi connectivity index (χ3n) is 3.49. The van der Waals surface area contributed by atoms with Crippen molar-refractivity contribution in [2.75, 3.05) is 13.1 Å². The summed E-state index contributed by atoms with van der Waals surface area (Å²) in [5, 5.41) is 0.770. The van der Waals surface area contributed by atoms with Gasteiger partial charge in [-0.25, -0.2) is 0 Å². The second-order valence-corrected chi connectivity index (χ2v) is 5.92. The number of piperidine rings is 1. The van der Waals surface area contributed by atoms with Crippen molar-refractivity contribution < 1.29 is 4.79 Å². The Morgan fingerprint density at radius 2 is 2.06 bits per heavy atom. The highest BCUT2D eigenvalue weighted by atomic mass is 35.5. The minimum absolute atomic E-state index is 0.0768. The fourth-order valence-electron chi connectivity index (χ4n) is 2.14. The predicted molar refractivity (Wildman–Crippen MR) is 75.2 cm³/mol. The van der Waals surface area contributed by atoms with Gasteiger partial charge in [0.2, 0.25) is 5.91 Å². The summed E-state index contributed by atoms with van der Waals surface area (Å²) in [6, 6.07) is 7.41. The number of hydrogen-bond acceptors (Lipinski definition) is 1. The Hall–Kier alpha value is -0.730. The van der Waals surface area contributed by atoms with Gasteiger partial charge in [-0.3, -0.25) is 4.79 Å². The van der Waals surface area contributed by atoms with Gasteiger partial charge in [-0.05, 0) is 30.0 Å². The third kappa shape index (κ3) is 3.39. The number of benzene rings is 1. The number of nitrogens with zero attached hydrogens (tertiary/aromatic N) is 1. The topological polar surface area (TPSA) is 20.3 Å². The quantitative estimate of drug-likeness (QED) is 0.763. The fourth-order valence-corrected chi connectivity index (χ4v) is 2.56. The molecule has 0 bridgehead atoms. The van der Waals surface area contributed by atoms with Crippen molar-refractivity contribution in [3.63, 3.8) is 0 Å². The van der Waals surface area contributed by atoms with Crippen molar-refractivity contribution in [2.24, 2.45) is 5.92 Å². The second-order valence-electron chi connectivity index (χ2n) is 4.92. The van der Waals surface area contributed by atoms with E-state index in [1.54, 1.807) is 0 Å². The Bertz CT molecular complexity index is 418. The number of rotatable bonds is 2. The molecule has 0 saturated carbocycles. The SMILES string of the molecule is CC1CCN(C(=O)Cc2ccc(Cl)cc2)CC1Cl. The minimum Gasteiger partial charge on any atom is -0.341 e. The van der Waals surface area contributed by atoms with Crippen molar-refractivity contribution in [3.8, 4) is 0 Å². The summed E-state index contributed by atoms with van der Waals surface area (Å²) in [6.07, 6.45) is 1.41. The molecule has 0 aliphatic carbocycles. The summed E-state index contributed by atoms with van der Waals surface area (Å²) in [7, 11) is 0. The Morgan fingerprint density at radius 3 is 2.67 bits per heavy atom.